The second-order valence-electron chi connectivity index (χ2n) is 3.46. The van der Waals surface area contributed by atoms with Gasteiger partial charge in [0.25, 0.3) is 0 Å². The zero-order chi connectivity index (χ0) is 12.8. The number of rotatable bonds is 3. The van der Waals surface area contributed by atoms with Crippen LogP contribution in [0.2, 0.25) is 0 Å². The van der Waals surface area contributed by atoms with E-state index in [9.17, 15) is 0 Å². The number of hydrogen-bond donors (Lipinski definition) is 2. The Labute approximate surface area is 105 Å². The number of amidine groups is 1. The van der Waals surface area contributed by atoms with Gasteiger partial charge < -0.3 is 4.74 Å². The van der Waals surface area contributed by atoms with E-state index in [2.05, 4.69) is 15.5 Å². The normalized spacial score (nSPS) is 11.1. The standard InChI is InChI=1S/C13H13N3O2/c1-18-12-8-3-2-6-10(12)15-13(16-17)11-7-4-5-9-14-11/h2-9,17H,1H3,(H,15,16). The second-order valence-corrected chi connectivity index (χ2v) is 3.46. The molecule has 0 amide bonds. The first-order chi connectivity index (χ1) is 8.85. The van der Waals surface area contributed by atoms with Crippen LogP contribution in [0, 0.1) is 0 Å². The van der Waals surface area contributed by atoms with Gasteiger partial charge in [-0.05, 0) is 24.3 Å². The minimum atomic E-state index is 0.264. The van der Waals surface area contributed by atoms with Crippen molar-refractivity contribution in [3.63, 3.8) is 0 Å². The van der Waals surface area contributed by atoms with Crippen LogP contribution >= 0.6 is 0 Å². The predicted octanol–water partition coefficient (Wildman–Crippen LogP) is 2.15. The van der Waals surface area contributed by atoms with Crippen molar-refractivity contribution >= 4 is 11.5 Å². The maximum absolute atomic E-state index is 9.14. The molecule has 0 aliphatic heterocycles. The lowest BCUT2D eigenvalue weighted by atomic mass is 10.3. The molecule has 0 aliphatic rings. The van der Waals surface area contributed by atoms with Gasteiger partial charge >= 0.3 is 0 Å². The summed E-state index contributed by atoms with van der Waals surface area (Å²) < 4.78 is 5.19. The third-order valence-electron chi connectivity index (χ3n) is 2.33. The monoisotopic (exact) mass is 243 g/mol. The lowest BCUT2D eigenvalue weighted by Gasteiger charge is -2.06. The molecule has 2 rings (SSSR count). The zero-order valence-corrected chi connectivity index (χ0v) is 9.87. The van der Waals surface area contributed by atoms with E-state index in [-0.39, 0.29) is 5.84 Å². The van der Waals surface area contributed by atoms with Crippen LogP contribution in [0.4, 0.5) is 5.69 Å². The summed E-state index contributed by atoms with van der Waals surface area (Å²) in [6.07, 6.45) is 1.63. The molecule has 2 N–H and O–H groups in total. The molecule has 92 valence electrons. The van der Waals surface area contributed by atoms with Gasteiger partial charge in [-0.1, -0.05) is 18.2 Å². The van der Waals surface area contributed by atoms with Crippen molar-refractivity contribution in [2.75, 3.05) is 7.11 Å². The predicted molar refractivity (Wildman–Crippen MR) is 68.4 cm³/mol. The van der Waals surface area contributed by atoms with Crippen LogP contribution < -0.4 is 10.2 Å². The number of aliphatic imine (C=N–C) groups is 1. The molecule has 18 heavy (non-hydrogen) atoms. The third kappa shape index (κ3) is 2.64. The van der Waals surface area contributed by atoms with Crippen molar-refractivity contribution in [3.05, 3.63) is 54.4 Å². The topological polar surface area (TPSA) is 66.7 Å². The number of aromatic nitrogens is 1. The molecule has 5 nitrogen and oxygen atoms in total. The fourth-order valence-corrected chi connectivity index (χ4v) is 1.48. The average molecular weight is 243 g/mol. The maximum atomic E-state index is 9.14. The number of hydrogen-bond acceptors (Lipinski definition) is 4. The summed E-state index contributed by atoms with van der Waals surface area (Å²) in [7, 11) is 1.57. The molecule has 2 aromatic rings. The summed E-state index contributed by atoms with van der Waals surface area (Å²) in [5.74, 6) is 0.890. The number of methoxy groups -OCH3 is 1. The van der Waals surface area contributed by atoms with Crippen LogP contribution in [0.5, 0.6) is 5.75 Å². The molecule has 0 bridgehead atoms. The minimum absolute atomic E-state index is 0.264. The Morgan fingerprint density at radius 2 is 2.00 bits per heavy atom. The highest BCUT2D eigenvalue weighted by atomic mass is 16.5. The number of para-hydroxylation sites is 2. The van der Waals surface area contributed by atoms with E-state index in [4.69, 9.17) is 9.94 Å². The molecule has 1 aromatic carbocycles. The van der Waals surface area contributed by atoms with Crippen molar-refractivity contribution in [2.45, 2.75) is 0 Å². The van der Waals surface area contributed by atoms with E-state index in [1.807, 2.05) is 18.2 Å². The first-order valence-corrected chi connectivity index (χ1v) is 5.38. The number of pyridine rings is 1. The molecule has 0 saturated carbocycles. The molecule has 5 heteroatoms. The lowest BCUT2D eigenvalue weighted by Crippen LogP contribution is -2.21. The number of nitrogens with one attached hydrogen (secondary N) is 1. The van der Waals surface area contributed by atoms with Crippen molar-refractivity contribution in [3.8, 4) is 5.75 Å². The van der Waals surface area contributed by atoms with Crippen LogP contribution in [-0.2, 0) is 0 Å². The largest absolute Gasteiger partial charge is 0.494 e. The van der Waals surface area contributed by atoms with Crippen molar-refractivity contribution in [1.82, 2.24) is 10.5 Å². The Hall–Kier alpha value is -2.40. The molecule has 0 spiro atoms. The van der Waals surface area contributed by atoms with Crippen LogP contribution in [0.25, 0.3) is 0 Å². The molecule has 0 atom stereocenters. The van der Waals surface area contributed by atoms with Crippen LogP contribution in [0.15, 0.2) is 53.7 Å². The van der Waals surface area contributed by atoms with Crippen molar-refractivity contribution < 1.29 is 9.94 Å². The van der Waals surface area contributed by atoms with Gasteiger partial charge in [-0.2, -0.15) is 0 Å². The van der Waals surface area contributed by atoms with Crippen LogP contribution in [0.1, 0.15) is 5.69 Å². The Balaban J connectivity index is 2.41. The molecule has 0 unspecified atom stereocenters. The lowest BCUT2D eigenvalue weighted by molar-refractivity contribution is 0.235. The molecule has 1 aromatic heterocycles. The molecule has 0 saturated heterocycles. The van der Waals surface area contributed by atoms with E-state index in [1.54, 1.807) is 37.6 Å². The van der Waals surface area contributed by atoms with Gasteiger partial charge in [0.2, 0.25) is 0 Å². The van der Waals surface area contributed by atoms with Gasteiger partial charge in [0.1, 0.15) is 17.1 Å². The quantitative estimate of drug-likeness (QED) is 0.492. The van der Waals surface area contributed by atoms with E-state index in [1.165, 1.54) is 0 Å². The maximum Gasteiger partial charge on any atom is 0.176 e. The first-order valence-electron chi connectivity index (χ1n) is 5.38. The van der Waals surface area contributed by atoms with Crippen LogP contribution in [0.3, 0.4) is 0 Å². The Bertz CT molecular complexity index is 541. The van der Waals surface area contributed by atoms with Crippen molar-refractivity contribution in [1.29, 1.82) is 0 Å². The van der Waals surface area contributed by atoms with E-state index < -0.39 is 0 Å². The van der Waals surface area contributed by atoms with Crippen molar-refractivity contribution in [2.24, 2.45) is 4.99 Å². The van der Waals surface area contributed by atoms with Gasteiger partial charge in [0, 0.05) is 6.20 Å². The Morgan fingerprint density at radius 3 is 2.67 bits per heavy atom. The smallest absolute Gasteiger partial charge is 0.176 e. The van der Waals surface area contributed by atoms with Gasteiger partial charge in [-0.15, -0.1) is 0 Å². The number of hydroxylamine groups is 1. The second kappa shape index (κ2) is 5.79. The fourth-order valence-electron chi connectivity index (χ4n) is 1.48. The summed E-state index contributed by atoms with van der Waals surface area (Å²) in [5, 5.41) is 9.14. The molecule has 1 heterocycles. The van der Waals surface area contributed by atoms with E-state index in [0.29, 0.717) is 17.1 Å². The molecule has 0 aliphatic carbocycles. The molecule has 0 radical (unpaired) electrons. The Morgan fingerprint density at radius 1 is 1.22 bits per heavy atom. The van der Waals surface area contributed by atoms with Gasteiger partial charge in [0.05, 0.1) is 7.11 Å². The Kier molecular flexibility index (Phi) is 3.88. The summed E-state index contributed by atoms with van der Waals surface area (Å²) in [6.45, 7) is 0. The molecule has 0 fully saturated rings. The zero-order valence-electron chi connectivity index (χ0n) is 9.87. The SMILES string of the molecule is COc1ccccc1N=C(NO)c1ccccn1. The first kappa shape index (κ1) is 12.1. The summed E-state index contributed by atoms with van der Waals surface area (Å²) in [5.41, 5.74) is 3.21. The average Bonchev–Trinajstić information content (AvgIpc) is 2.46. The number of benzene rings is 1. The van der Waals surface area contributed by atoms with E-state index in [0.717, 1.165) is 0 Å². The highest BCUT2D eigenvalue weighted by Gasteiger charge is 2.06. The van der Waals surface area contributed by atoms with Crippen LogP contribution in [-0.4, -0.2) is 23.1 Å². The number of nitrogens with zero attached hydrogens (tertiary/aromatic N) is 2. The fraction of sp³-hybridized carbons (Fsp3) is 0.0769. The summed E-state index contributed by atoms with van der Waals surface area (Å²) >= 11 is 0. The highest BCUT2D eigenvalue weighted by molar-refractivity contribution is 5.98. The number of ether oxygens (including phenoxy) is 1. The highest BCUT2D eigenvalue weighted by Crippen LogP contribution is 2.26. The van der Waals surface area contributed by atoms with Gasteiger partial charge in [0.15, 0.2) is 5.84 Å². The minimum Gasteiger partial charge on any atom is -0.494 e. The third-order valence-corrected chi connectivity index (χ3v) is 2.33. The molecular weight excluding hydrogens is 230 g/mol. The summed E-state index contributed by atoms with van der Waals surface area (Å²) in [4.78, 5) is 8.39. The van der Waals surface area contributed by atoms with Gasteiger partial charge in [-0.3, -0.25) is 15.7 Å². The van der Waals surface area contributed by atoms with E-state index >= 15 is 0 Å². The summed E-state index contributed by atoms with van der Waals surface area (Å²) in [6, 6.07) is 12.6. The van der Waals surface area contributed by atoms with Gasteiger partial charge in [-0.25, -0.2) is 4.99 Å². The molecular formula is C13H13N3O2.